The van der Waals surface area contributed by atoms with Gasteiger partial charge in [0.05, 0.1) is 6.61 Å². The molecule has 1 saturated carbocycles. The van der Waals surface area contributed by atoms with Crippen molar-refractivity contribution in [3.63, 3.8) is 0 Å². The Morgan fingerprint density at radius 2 is 1.80 bits per heavy atom. The van der Waals surface area contributed by atoms with Gasteiger partial charge in [-0.05, 0) is 31.7 Å². The molecule has 1 rings (SSSR count). The third kappa shape index (κ3) is 5.71. The highest BCUT2D eigenvalue weighted by atomic mass is 16.5. The minimum Gasteiger partial charge on any atom is -0.383 e. The number of rotatable bonds is 9. The Bertz CT molecular complexity index is 249. The lowest BCUT2D eigenvalue weighted by Gasteiger charge is -2.43. The maximum atomic E-state index is 5.35. The molecule has 0 aliphatic heterocycles. The molecule has 0 amide bonds. The van der Waals surface area contributed by atoms with Gasteiger partial charge in [0, 0.05) is 32.3 Å². The largest absolute Gasteiger partial charge is 0.383 e. The monoisotopic (exact) mass is 284 g/mol. The maximum absolute atomic E-state index is 5.35. The normalized spacial score (nSPS) is 20.6. The van der Waals surface area contributed by atoms with Crippen molar-refractivity contribution in [3.8, 4) is 0 Å². The topological polar surface area (TPSA) is 24.5 Å². The molecule has 0 saturated heterocycles. The highest BCUT2D eigenvalue weighted by molar-refractivity contribution is 4.89. The summed E-state index contributed by atoms with van der Waals surface area (Å²) in [5.41, 5.74) is 0.473. The van der Waals surface area contributed by atoms with Crippen molar-refractivity contribution in [1.29, 1.82) is 0 Å². The predicted molar refractivity (Wildman–Crippen MR) is 87.2 cm³/mol. The van der Waals surface area contributed by atoms with Gasteiger partial charge in [0.15, 0.2) is 0 Å². The first kappa shape index (κ1) is 17.9. The lowest BCUT2D eigenvalue weighted by atomic mass is 9.73. The highest BCUT2D eigenvalue weighted by Gasteiger charge is 2.34. The summed E-state index contributed by atoms with van der Waals surface area (Å²) in [6.45, 7) is 13.4. The number of likely N-dealkylation sites (N-methyl/N-ethyl adjacent to an activating group) is 1. The van der Waals surface area contributed by atoms with E-state index in [9.17, 15) is 0 Å². The van der Waals surface area contributed by atoms with Gasteiger partial charge >= 0.3 is 0 Å². The summed E-state index contributed by atoms with van der Waals surface area (Å²) in [5.74, 6) is 0. The summed E-state index contributed by atoms with van der Waals surface area (Å²) in [6, 6.07) is 1.10. The van der Waals surface area contributed by atoms with E-state index in [1.807, 2.05) is 0 Å². The molecule has 3 nitrogen and oxygen atoms in total. The van der Waals surface area contributed by atoms with E-state index in [1.165, 1.54) is 45.2 Å². The van der Waals surface area contributed by atoms with E-state index in [1.54, 1.807) is 7.11 Å². The van der Waals surface area contributed by atoms with Crippen LogP contribution in [0.3, 0.4) is 0 Å². The standard InChI is InChI=1S/C17H36N2O/c1-6-19(16(4)12-20-5)14-17(13-18-15(2)3)10-8-7-9-11-17/h15-16,18H,6-14H2,1-5H3. The van der Waals surface area contributed by atoms with Crippen molar-refractivity contribution in [2.75, 3.05) is 33.4 Å². The summed E-state index contributed by atoms with van der Waals surface area (Å²) < 4.78 is 5.35. The van der Waals surface area contributed by atoms with E-state index >= 15 is 0 Å². The van der Waals surface area contributed by atoms with Crippen LogP contribution in [0.4, 0.5) is 0 Å². The predicted octanol–water partition coefficient (Wildman–Crippen LogP) is 3.29. The second-order valence-electron chi connectivity index (χ2n) is 6.96. The minimum absolute atomic E-state index is 0.473. The first-order valence-corrected chi connectivity index (χ1v) is 8.49. The minimum atomic E-state index is 0.473. The molecule has 0 aromatic heterocycles. The fraction of sp³-hybridized carbons (Fsp3) is 1.00. The molecule has 1 unspecified atom stereocenters. The van der Waals surface area contributed by atoms with Gasteiger partial charge in [-0.3, -0.25) is 4.90 Å². The van der Waals surface area contributed by atoms with Gasteiger partial charge in [0.2, 0.25) is 0 Å². The molecule has 1 aliphatic carbocycles. The Morgan fingerprint density at radius 1 is 1.15 bits per heavy atom. The first-order chi connectivity index (χ1) is 9.53. The van der Waals surface area contributed by atoms with Crippen LogP contribution < -0.4 is 5.32 Å². The van der Waals surface area contributed by atoms with Crippen molar-refractivity contribution in [3.05, 3.63) is 0 Å². The molecule has 0 aromatic rings. The van der Waals surface area contributed by atoms with Gasteiger partial charge in [-0.1, -0.05) is 40.0 Å². The number of nitrogens with zero attached hydrogens (tertiary/aromatic N) is 1. The molecular formula is C17H36N2O. The van der Waals surface area contributed by atoms with E-state index in [0.29, 0.717) is 17.5 Å². The molecule has 0 radical (unpaired) electrons. The number of hydrogen-bond acceptors (Lipinski definition) is 3. The van der Waals surface area contributed by atoms with Gasteiger partial charge in [0.1, 0.15) is 0 Å². The molecule has 0 heterocycles. The lowest BCUT2D eigenvalue weighted by molar-refractivity contribution is 0.0474. The Morgan fingerprint density at radius 3 is 2.30 bits per heavy atom. The Hall–Kier alpha value is -0.120. The quantitative estimate of drug-likeness (QED) is 0.703. The van der Waals surface area contributed by atoms with Crippen LogP contribution in [-0.2, 0) is 4.74 Å². The lowest BCUT2D eigenvalue weighted by Crippen LogP contribution is -2.49. The molecule has 1 N–H and O–H groups in total. The molecule has 1 aliphatic rings. The van der Waals surface area contributed by atoms with Crippen molar-refractivity contribution in [2.24, 2.45) is 5.41 Å². The molecule has 20 heavy (non-hydrogen) atoms. The number of nitrogens with one attached hydrogen (secondary N) is 1. The van der Waals surface area contributed by atoms with Gasteiger partial charge < -0.3 is 10.1 Å². The van der Waals surface area contributed by atoms with E-state index in [2.05, 4.69) is 37.9 Å². The summed E-state index contributed by atoms with van der Waals surface area (Å²) in [7, 11) is 1.81. The van der Waals surface area contributed by atoms with Crippen LogP contribution in [0.15, 0.2) is 0 Å². The zero-order valence-corrected chi connectivity index (χ0v) is 14.4. The third-order valence-corrected chi connectivity index (χ3v) is 4.78. The Labute approximate surface area is 126 Å². The molecule has 3 heteroatoms. The molecule has 0 bridgehead atoms. The summed E-state index contributed by atoms with van der Waals surface area (Å²) in [5, 5.41) is 3.70. The van der Waals surface area contributed by atoms with Gasteiger partial charge in [-0.2, -0.15) is 0 Å². The maximum Gasteiger partial charge on any atom is 0.0615 e. The average Bonchev–Trinajstić information content (AvgIpc) is 2.44. The summed E-state index contributed by atoms with van der Waals surface area (Å²) >= 11 is 0. The molecule has 1 atom stereocenters. The van der Waals surface area contributed by atoms with E-state index in [-0.39, 0.29) is 0 Å². The summed E-state index contributed by atoms with van der Waals surface area (Å²) in [4.78, 5) is 2.61. The van der Waals surface area contributed by atoms with E-state index < -0.39 is 0 Å². The van der Waals surface area contributed by atoms with Crippen LogP contribution in [0.5, 0.6) is 0 Å². The molecule has 0 spiro atoms. The number of methoxy groups -OCH3 is 1. The van der Waals surface area contributed by atoms with E-state index in [0.717, 1.165) is 13.2 Å². The van der Waals surface area contributed by atoms with Crippen LogP contribution in [0, 0.1) is 5.41 Å². The Balaban J connectivity index is 2.66. The van der Waals surface area contributed by atoms with Crippen molar-refractivity contribution in [1.82, 2.24) is 10.2 Å². The van der Waals surface area contributed by atoms with Gasteiger partial charge in [-0.15, -0.1) is 0 Å². The SMILES string of the molecule is CCN(CC1(CNC(C)C)CCCCC1)C(C)COC. The van der Waals surface area contributed by atoms with Crippen LogP contribution in [-0.4, -0.2) is 50.3 Å². The fourth-order valence-electron chi connectivity index (χ4n) is 3.47. The number of ether oxygens (including phenoxy) is 1. The smallest absolute Gasteiger partial charge is 0.0615 e. The summed E-state index contributed by atoms with van der Waals surface area (Å²) in [6.07, 6.45) is 6.97. The molecular weight excluding hydrogens is 248 g/mol. The van der Waals surface area contributed by atoms with Crippen LogP contribution in [0.25, 0.3) is 0 Å². The first-order valence-electron chi connectivity index (χ1n) is 8.49. The fourth-order valence-corrected chi connectivity index (χ4v) is 3.47. The molecule has 1 fully saturated rings. The van der Waals surface area contributed by atoms with Crippen LogP contribution in [0.1, 0.15) is 59.8 Å². The van der Waals surface area contributed by atoms with Crippen LogP contribution in [0.2, 0.25) is 0 Å². The molecule has 0 aromatic carbocycles. The van der Waals surface area contributed by atoms with Crippen molar-refractivity contribution < 1.29 is 4.74 Å². The van der Waals surface area contributed by atoms with E-state index in [4.69, 9.17) is 4.74 Å². The second kappa shape index (κ2) is 9.01. The highest BCUT2D eigenvalue weighted by Crippen LogP contribution is 2.37. The molecule has 120 valence electrons. The zero-order chi connectivity index (χ0) is 15.0. The second-order valence-corrected chi connectivity index (χ2v) is 6.96. The van der Waals surface area contributed by atoms with Gasteiger partial charge in [0.25, 0.3) is 0 Å². The average molecular weight is 284 g/mol. The van der Waals surface area contributed by atoms with Crippen molar-refractivity contribution in [2.45, 2.75) is 71.9 Å². The Kier molecular flexibility index (Phi) is 8.08. The van der Waals surface area contributed by atoms with Crippen molar-refractivity contribution >= 4 is 0 Å². The third-order valence-electron chi connectivity index (χ3n) is 4.78. The number of hydrogen-bond donors (Lipinski definition) is 1. The van der Waals surface area contributed by atoms with Crippen LogP contribution >= 0.6 is 0 Å². The van der Waals surface area contributed by atoms with Gasteiger partial charge in [-0.25, -0.2) is 0 Å². The zero-order valence-electron chi connectivity index (χ0n) is 14.4.